The number of nitrogen functional groups attached to an aromatic ring is 1. The van der Waals surface area contributed by atoms with Gasteiger partial charge in [0.15, 0.2) is 5.82 Å². The van der Waals surface area contributed by atoms with E-state index < -0.39 is 0 Å². The molecule has 0 fully saturated rings. The van der Waals surface area contributed by atoms with Crippen LogP contribution in [0.25, 0.3) is 11.4 Å². The minimum Gasteiger partial charge on any atom is -0.346 e. The number of nitrogens with two attached hydrogens (primary N) is 1. The first-order valence-corrected chi connectivity index (χ1v) is 12.3. The smallest absolute Gasteiger partial charge is 0.282 e. The van der Waals surface area contributed by atoms with Crippen LogP contribution in [0.5, 0.6) is 0 Å². The number of hydrogen-bond donors (Lipinski definition) is 2. The maximum Gasteiger partial charge on any atom is 0.282 e. The summed E-state index contributed by atoms with van der Waals surface area (Å²) in [6.45, 7) is 6.77. The van der Waals surface area contributed by atoms with Crippen LogP contribution in [0.3, 0.4) is 0 Å². The largest absolute Gasteiger partial charge is 0.346 e. The maximum atomic E-state index is 13.0. The van der Waals surface area contributed by atoms with Gasteiger partial charge in [-0.1, -0.05) is 80.3 Å². The normalized spacial score (nSPS) is 11.5. The molecule has 2 aromatic heterocycles. The Morgan fingerprint density at radius 1 is 1.06 bits per heavy atom. The Morgan fingerprint density at radius 3 is 2.44 bits per heavy atom. The molecule has 2 heterocycles. The van der Waals surface area contributed by atoms with Crippen molar-refractivity contribution in [3.63, 3.8) is 0 Å². The standard InChI is InChI=1S/C23H24FN7OS2/c1-23(2,3)16-8-6-15(7-9-16)19-28-30-22(31(19)25)33-13-18-27-29-21(34-18)20(32)26-12-14-4-10-17(24)11-5-14/h4-11H,12-13,25H2,1-3H3,(H,26,32). The fourth-order valence-corrected chi connectivity index (χ4v) is 4.68. The lowest BCUT2D eigenvalue weighted by Gasteiger charge is -2.19. The van der Waals surface area contributed by atoms with Gasteiger partial charge in [-0.05, 0) is 28.7 Å². The lowest BCUT2D eigenvalue weighted by molar-refractivity contribution is 0.0950. The summed E-state index contributed by atoms with van der Waals surface area (Å²) in [5, 5.41) is 20.7. The predicted molar refractivity (Wildman–Crippen MR) is 131 cm³/mol. The first-order valence-electron chi connectivity index (χ1n) is 10.5. The van der Waals surface area contributed by atoms with E-state index in [1.807, 2.05) is 12.1 Å². The molecule has 0 aliphatic rings. The van der Waals surface area contributed by atoms with Gasteiger partial charge in [0.05, 0.1) is 5.75 Å². The molecule has 0 aliphatic carbocycles. The van der Waals surface area contributed by atoms with Crippen molar-refractivity contribution in [1.82, 2.24) is 30.4 Å². The topological polar surface area (TPSA) is 112 Å². The number of thioether (sulfide) groups is 1. The molecule has 11 heteroatoms. The summed E-state index contributed by atoms with van der Waals surface area (Å²) >= 11 is 2.56. The monoisotopic (exact) mass is 497 g/mol. The van der Waals surface area contributed by atoms with Crippen LogP contribution in [0.2, 0.25) is 0 Å². The number of amides is 1. The average molecular weight is 498 g/mol. The van der Waals surface area contributed by atoms with Gasteiger partial charge < -0.3 is 11.2 Å². The van der Waals surface area contributed by atoms with Crippen LogP contribution in [0, 0.1) is 5.82 Å². The second-order valence-electron chi connectivity index (χ2n) is 8.60. The highest BCUT2D eigenvalue weighted by atomic mass is 32.2. The molecule has 4 aromatic rings. The lowest BCUT2D eigenvalue weighted by Crippen LogP contribution is -2.22. The molecule has 0 spiro atoms. The summed E-state index contributed by atoms with van der Waals surface area (Å²) < 4.78 is 14.4. The average Bonchev–Trinajstić information content (AvgIpc) is 3.43. The van der Waals surface area contributed by atoms with Gasteiger partial charge in [0.1, 0.15) is 10.8 Å². The number of aromatic nitrogens is 5. The second-order valence-corrected chi connectivity index (χ2v) is 10.6. The Morgan fingerprint density at radius 2 is 1.76 bits per heavy atom. The molecular weight excluding hydrogens is 473 g/mol. The molecule has 0 saturated heterocycles. The molecule has 2 aromatic carbocycles. The third kappa shape index (κ3) is 5.60. The highest BCUT2D eigenvalue weighted by Gasteiger charge is 2.17. The van der Waals surface area contributed by atoms with Crippen molar-refractivity contribution >= 4 is 29.0 Å². The number of nitrogens with one attached hydrogen (secondary N) is 1. The van der Waals surface area contributed by atoms with Crippen LogP contribution < -0.4 is 11.2 Å². The van der Waals surface area contributed by atoms with Crippen LogP contribution in [0.15, 0.2) is 53.7 Å². The van der Waals surface area contributed by atoms with E-state index in [-0.39, 0.29) is 28.7 Å². The van der Waals surface area contributed by atoms with Crippen molar-refractivity contribution in [2.24, 2.45) is 0 Å². The number of carbonyl (C=O) groups excluding carboxylic acids is 1. The lowest BCUT2D eigenvalue weighted by atomic mass is 9.87. The van der Waals surface area contributed by atoms with E-state index in [4.69, 9.17) is 5.84 Å². The van der Waals surface area contributed by atoms with E-state index in [1.54, 1.807) is 12.1 Å². The van der Waals surface area contributed by atoms with E-state index in [0.29, 0.717) is 21.7 Å². The SMILES string of the molecule is CC(C)(C)c1ccc(-c2nnc(SCc3nnc(C(=O)NCc4ccc(F)cc4)s3)n2N)cc1. The predicted octanol–water partition coefficient (Wildman–Crippen LogP) is 4.17. The van der Waals surface area contributed by atoms with Gasteiger partial charge in [-0.3, -0.25) is 4.79 Å². The minimum atomic E-state index is -0.332. The van der Waals surface area contributed by atoms with Gasteiger partial charge in [0.2, 0.25) is 10.2 Å². The van der Waals surface area contributed by atoms with Crippen LogP contribution in [-0.2, 0) is 17.7 Å². The molecule has 0 atom stereocenters. The zero-order chi connectivity index (χ0) is 24.3. The summed E-state index contributed by atoms with van der Waals surface area (Å²) in [5.41, 5.74) is 2.96. The molecular formula is C23H24FN7OS2. The number of carbonyl (C=O) groups is 1. The molecule has 4 rings (SSSR count). The quantitative estimate of drug-likeness (QED) is 0.291. The summed E-state index contributed by atoms with van der Waals surface area (Å²) in [6.07, 6.45) is 0. The van der Waals surface area contributed by atoms with Crippen molar-refractivity contribution < 1.29 is 9.18 Å². The van der Waals surface area contributed by atoms with E-state index >= 15 is 0 Å². The third-order valence-corrected chi connectivity index (χ3v) is 7.08. The van der Waals surface area contributed by atoms with E-state index in [9.17, 15) is 9.18 Å². The van der Waals surface area contributed by atoms with Crippen molar-refractivity contribution in [3.8, 4) is 11.4 Å². The molecule has 0 saturated carbocycles. The number of hydrogen-bond acceptors (Lipinski definition) is 8. The molecule has 0 unspecified atom stereocenters. The Hall–Kier alpha value is -3.31. The summed E-state index contributed by atoms with van der Waals surface area (Å²) in [6, 6.07) is 14.1. The fraction of sp³-hybridized carbons (Fsp3) is 0.261. The second kappa shape index (κ2) is 9.90. The van der Waals surface area contributed by atoms with Crippen molar-refractivity contribution in [3.05, 3.63) is 75.5 Å². The van der Waals surface area contributed by atoms with Crippen LogP contribution >= 0.6 is 23.1 Å². The number of benzene rings is 2. The van der Waals surface area contributed by atoms with Gasteiger partial charge in [0, 0.05) is 12.1 Å². The molecule has 3 N–H and O–H groups in total. The van der Waals surface area contributed by atoms with Crippen LogP contribution in [-0.4, -0.2) is 31.0 Å². The zero-order valence-corrected chi connectivity index (χ0v) is 20.6. The molecule has 176 valence electrons. The van der Waals surface area contributed by atoms with Crippen molar-refractivity contribution in [2.75, 3.05) is 5.84 Å². The van der Waals surface area contributed by atoms with Gasteiger partial charge in [-0.25, -0.2) is 9.07 Å². The summed E-state index contributed by atoms with van der Waals surface area (Å²) in [5.74, 6) is 6.60. The first-order chi connectivity index (χ1) is 16.2. The zero-order valence-electron chi connectivity index (χ0n) is 18.9. The fourth-order valence-electron chi connectivity index (χ4n) is 3.08. The van der Waals surface area contributed by atoms with Gasteiger partial charge in [-0.15, -0.1) is 20.4 Å². The van der Waals surface area contributed by atoms with Crippen LogP contribution in [0.4, 0.5) is 4.39 Å². The Bertz CT molecular complexity index is 1280. The Labute approximate surface area is 204 Å². The summed E-state index contributed by atoms with van der Waals surface area (Å²) in [4.78, 5) is 12.3. The molecule has 0 bridgehead atoms. The number of halogens is 1. The maximum absolute atomic E-state index is 13.0. The highest BCUT2D eigenvalue weighted by Crippen LogP contribution is 2.28. The van der Waals surface area contributed by atoms with Gasteiger partial charge in [-0.2, -0.15) is 0 Å². The molecule has 0 radical (unpaired) electrons. The van der Waals surface area contributed by atoms with E-state index in [0.717, 1.165) is 11.1 Å². The minimum absolute atomic E-state index is 0.0639. The van der Waals surface area contributed by atoms with Crippen molar-refractivity contribution in [1.29, 1.82) is 0 Å². The summed E-state index contributed by atoms with van der Waals surface area (Å²) in [7, 11) is 0. The molecule has 0 aliphatic heterocycles. The first kappa shape index (κ1) is 23.8. The van der Waals surface area contributed by atoms with Crippen LogP contribution in [0.1, 0.15) is 46.7 Å². The van der Waals surface area contributed by atoms with E-state index in [1.165, 1.54) is 45.5 Å². The van der Waals surface area contributed by atoms with Gasteiger partial charge >= 0.3 is 0 Å². The number of rotatable bonds is 7. The Kier molecular flexibility index (Phi) is 6.94. The number of nitrogens with zero attached hydrogens (tertiary/aromatic N) is 5. The van der Waals surface area contributed by atoms with E-state index in [2.05, 4.69) is 58.6 Å². The Balaban J connectivity index is 1.35. The van der Waals surface area contributed by atoms with Gasteiger partial charge in [0.25, 0.3) is 5.91 Å². The highest BCUT2D eigenvalue weighted by molar-refractivity contribution is 7.98. The third-order valence-electron chi connectivity index (χ3n) is 5.03. The van der Waals surface area contributed by atoms with Crippen molar-refractivity contribution in [2.45, 2.75) is 43.6 Å². The molecule has 8 nitrogen and oxygen atoms in total. The molecule has 1 amide bonds. The molecule has 34 heavy (non-hydrogen) atoms.